The lowest BCUT2D eigenvalue weighted by molar-refractivity contribution is -0.144. The van der Waals surface area contributed by atoms with Crippen molar-refractivity contribution in [1.29, 1.82) is 0 Å². The van der Waals surface area contributed by atoms with Gasteiger partial charge < -0.3 is 19.1 Å². The van der Waals surface area contributed by atoms with E-state index in [4.69, 9.17) is 14.2 Å². The molecule has 0 unspecified atom stereocenters. The zero-order valence-corrected chi connectivity index (χ0v) is 15.3. The SMILES string of the molecule is COc1ccc(CN2CCO[C@H]3[C@H](OCC(=O)N(C)C)CC[C@@H]32)cc1. The molecule has 0 N–H and O–H groups in total. The first kappa shape index (κ1) is 18.2. The molecular formula is C19H28N2O4. The average Bonchev–Trinajstić information content (AvgIpc) is 3.04. The van der Waals surface area contributed by atoms with Crippen LogP contribution in [0.15, 0.2) is 24.3 Å². The largest absolute Gasteiger partial charge is 0.497 e. The van der Waals surface area contributed by atoms with E-state index in [2.05, 4.69) is 17.0 Å². The number of morpholine rings is 1. The van der Waals surface area contributed by atoms with E-state index in [1.54, 1.807) is 26.1 Å². The second-order valence-electron chi connectivity index (χ2n) is 6.94. The van der Waals surface area contributed by atoms with Crippen LogP contribution < -0.4 is 4.74 Å². The van der Waals surface area contributed by atoms with Crippen molar-refractivity contribution in [3.63, 3.8) is 0 Å². The summed E-state index contributed by atoms with van der Waals surface area (Å²) in [4.78, 5) is 15.8. The van der Waals surface area contributed by atoms with Crippen molar-refractivity contribution in [3.05, 3.63) is 29.8 Å². The number of benzene rings is 1. The summed E-state index contributed by atoms with van der Waals surface area (Å²) in [7, 11) is 5.18. The highest BCUT2D eigenvalue weighted by atomic mass is 16.5. The zero-order chi connectivity index (χ0) is 17.8. The van der Waals surface area contributed by atoms with E-state index in [1.165, 1.54) is 5.56 Å². The first-order valence-electron chi connectivity index (χ1n) is 8.89. The Balaban J connectivity index is 1.58. The molecular weight excluding hydrogens is 320 g/mol. The van der Waals surface area contributed by atoms with Gasteiger partial charge in [0.05, 0.1) is 25.9 Å². The molecule has 1 amide bonds. The molecule has 1 heterocycles. The molecule has 1 saturated heterocycles. The molecule has 0 aromatic heterocycles. The molecule has 6 nitrogen and oxygen atoms in total. The van der Waals surface area contributed by atoms with Gasteiger partial charge in [0.15, 0.2) is 0 Å². The topological polar surface area (TPSA) is 51.2 Å². The Hall–Kier alpha value is -1.63. The Morgan fingerprint density at radius 1 is 1.28 bits per heavy atom. The Labute approximate surface area is 149 Å². The van der Waals surface area contributed by atoms with Gasteiger partial charge in [-0.25, -0.2) is 0 Å². The molecule has 2 aliphatic rings. The first-order valence-corrected chi connectivity index (χ1v) is 8.89. The van der Waals surface area contributed by atoms with E-state index in [0.717, 1.165) is 31.7 Å². The normalized spacial score (nSPS) is 26.3. The fourth-order valence-electron chi connectivity index (χ4n) is 3.64. The van der Waals surface area contributed by atoms with Gasteiger partial charge in [-0.3, -0.25) is 9.69 Å². The number of carbonyl (C=O) groups excluding carboxylic acids is 1. The summed E-state index contributed by atoms with van der Waals surface area (Å²) in [5.74, 6) is 0.873. The Morgan fingerprint density at radius 3 is 2.72 bits per heavy atom. The van der Waals surface area contributed by atoms with Crippen LogP contribution in [-0.4, -0.2) is 74.9 Å². The molecule has 138 valence electrons. The van der Waals surface area contributed by atoms with E-state index < -0.39 is 0 Å². The summed E-state index contributed by atoms with van der Waals surface area (Å²) in [6, 6.07) is 8.58. The average molecular weight is 348 g/mol. The van der Waals surface area contributed by atoms with Crippen molar-refractivity contribution in [2.75, 3.05) is 41.0 Å². The predicted molar refractivity (Wildman–Crippen MR) is 94.6 cm³/mol. The van der Waals surface area contributed by atoms with Crippen LogP contribution in [0.4, 0.5) is 0 Å². The van der Waals surface area contributed by atoms with Gasteiger partial charge in [-0.2, -0.15) is 0 Å². The maximum Gasteiger partial charge on any atom is 0.248 e. The van der Waals surface area contributed by atoms with Crippen molar-refractivity contribution in [3.8, 4) is 5.75 Å². The third-order valence-corrected chi connectivity index (χ3v) is 5.11. The Bertz CT molecular complexity index is 575. The number of nitrogens with zero attached hydrogens (tertiary/aromatic N) is 2. The van der Waals surface area contributed by atoms with Crippen molar-refractivity contribution < 1.29 is 19.0 Å². The molecule has 2 fully saturated rings. The minimum Gasteiger partial charge on any atom is -0.497 e. The summed E-state index contributed by atoms with van der Waals surface area (Å²) < 4.78 is 17.1. The molecule has 6 heteroatoms. The third kappa shape index (κ3) is 4.32. The van der Waals surface area contributed by atoms with Crippen LogP contribution in [0.3, 0.4) is 0 Å². The Morgan fingerprint density at radius 2 is 2.04 bits per heavy atom. The number of fused-ring (bicyclic) bond motifs is 1. The molecule has 3 rings (SSSR count). The summed E-state index contributed by atoms with van der Waals surface area (Å²) in [5.41, 5.74) is 1.27. The van der Waals surface area contributed by atoms with Crippen molar-refractivity contribution in [2.45, 2.75) is 37.6 Å². The highest BCUT2D eigenvalue weighted by molar-refractivity contribution is 5.76. The fourth-order valence-corrected chi connectivity index (χ4v) is 3.64. The van der Waals surface area contributed by atoms with E-state index in [1.807, 2.05) is 12.1 Å². The molecule has 0 bridgehead atoms. The number of amides is 1. The third-order valence-electron chi connectivity index (χ3n) is 5.11. The lowest BCUT2D eigenvalue weighted by Gasteiger charge is -2.39. The summed E-state index contributed by atoms with van der Waals surface area (Å²) >= 11 is 0. The summed E-state index contributed by atoms with van der Waals surface area (Å²) in [6.45, 7) is 2.66. The minimum atomic E-state index is -0.00523. The number of carbonyl (C=O) groups is 1. The van der Waals surface area contributed by atoms with Gasteiger partial charge in [-0.15, -0.1) is 0 Å². The molecule has 0 radical (unpaired) electrons. The van der Waals surface area contributed by atoms with E-state index in [0.29, 0.717) is 12.6 Å². The number of hydrogen-bond acceptors (Lipinski definition) is 5. The van der Waals surface area contributed by atoms with E-state index in [-0.39, 0.29) is 24.7 Å². The fraction of sp³-hybridized carbons (Fsp3) is 0.632. The van der Waals surface area contributed by atoms with E-state index >= 15 is 0 Å². The second-order valence-corrected chi connectivity index (χ2v) is 6.94. The van der Waals surface area contributed by atoms with Gasteiger partial charge in [0.2, 0.25) is 5.91 Å². The second kappa shape index (κ2) is 8.17. The lowest BCUT2D eigenvalue weighted by atomic mass is 10.1. The van der Waals surface area contributed by atoms with Gasteiger partial charge >= 0.3 is 0 Å². The number of ether oxygens (including phenoxy) is 3. The maximum atomic E-state index is 11.8. The first-order chi connectivity index (χ1) is 12.1. The lowest BCUT2D eigenvalue weighted by Crippen LogP contribution is -2.51. The van der Waals surface area contributed by atoms with Crippen molar-refractivity contribution in [2.24, 2.45) is 0 Å². The van der Waals surface area contributed by atoms with Crippen LogP contribution in [0.1, 0.15) is 18.4 Å². The molecule has 1 saturated carbocycles. The maximum absolute atomic E-state index is 11.8. The van der Waals surface area contributed by atoms with Gasteiger partial charge in [-0.1, -0.05) is 12.1 Å². The highest BCUT2D eigenvalue weighted by Gasteiger charge is 2.43. The van der Waals surface area contributed by atoms with Crippen LogP contribution in [0, 0.1) is 0 Å². The zero-order valence-electron chi connectivity index (χ0n) is 15.3. The van der Waals surface area contributed by atoms with Gasteiger partial charge in [0.1, 0.15) is 12.4 Å². The van der Waals surface area contributed by atoms with Gasteiger partial charge in [0.25, 0.3) is 0 Å². The van der Waals surface area contributed by atoms with Crippen LogP contribution in [0.2, 0.25) is 0 Å². The van der Waals surface area contributed by atoms with Crippen LogP contribution in [-0.2, 0) is 20.8 Å². The van der Waals surface area contributed by atoms with Gasteiger partial charge in [0, 0.05) is 33.2 Å². The number of likely N-dealkylation sites (N-methyl/N-ethyl adjacent to an activating group) is 1. The molecule has 3 atom stereocenters. The molecule has 1 aliphatic carbocycles. The quantitative estimate of drug-likeness (QED) is 0.780. The van der Waals surface area contributed by atoms with Gasteiger partial charge in [-0.05, 0) is 30.5 Å². The minimum absolute atomic E-state index is 0.00523. The molecule has 25 heavy (non-hydrogen) atoms. The molecule has 1 aliphatic heterocycles. The standard InChI is InChI=1S/C19H28N2O4/c1-20(2)18(22)13-25-17-9-8-16-19(17)24-11-10-21(16)12-14-4-6-15(23-3)7-5-14/h4-7,16-17,19H,8-13H2,1-3H3/t16-,17+,19+/m0/s1. The number of methoxy groups -OCH3 is 1. The number of hydrogen-bond donors (Lipinski definition) is 0. The molecule has 0 spiro atoms. The van der Waals surface area contributed by atoms with Crippen molar-refractivity contribution >= 4 is 5.91 Å². The molecule has 1 aromatic rings. The van der Waals surface area contributed by atoms with Crippen LogP contribution in [0.25, 0.3) is 0 Å². The smallest absolute Gasteiger partial charge is 0.248 e. The van der Waals surface area contributed by atoms with E-state index in [9.17, 15) is 4.79 Å². The number of rotatable bonds is 6. The predicted octanol–water partition coefficient (Wildman–Crippen LogP) is 1.53. The summed E-state index contributed by atoms with van der Waals surface area (Å²) in [6.07, 6.45) is 2.05. The van der Waals surface area contributed by atoms with Crippen molar-refractivity contribution in [1.82, 2.24) is 9.80 Å². The highest BCUT2D eigenvalue weighted by Crippen LogP contribution is 2.33. The monoisotopic (exact) mass is 348 g/mol. The summed E-state index contributed by atoms with van der Waals surface area (Å²) in [5, 5.41) is 0. The Kier molecular flexibility index (Phi) is 5.93. The van der Waals surface area contributed by atoms with Crippen LogP contribution >= 0.6 is 0 Å². The molecule has 1 aromatic carbocycles. The van der Waals surface area contributed by atoms with Crippen LogP contribution in [0.5, 0.6) is 5.75 Å².